The van der Waals surface area contributed by atoms with Crippen molar-refractivity contribution in [1.82, 2.24) is 25.3 Å². The Morgan fingerprint density at radius 2 is 2.17 bits per heavy atom. The van der Waals surface area contributed by atoms with E-state index in [4.69, 9.17) is 4.52 Å². The SMILES string of the molecule is Cc1noc([C@@H](NC(=O)N(C)C[C@@H](C)c2nccs2)C(C)C)n1. The highest BCUT2D eigenvalue weighted by Crippen LogP contribution is 2.21. The molecule has 8 heteroatoms. The highest BCUT2D eigenvalue weighted by molar-refractivity contribution is 7.09. The van der Waals surface area contributed by atoms with Crippen LogP contribution in [-0.2, 0) is 0 Å². The number of amides is 2. The molecule has 126 valence electrons. The van der Waals surface area contributed by atoms with Gasteiger partial charge in [-0.2, -0.15) is 4.98 Å². The minimum atomic E-state index is -0.304. The number of nitrogens with one attached hydrogen (secondary N) is 1. The predicted molar refractivity (Wildman–Crippen MR) is 88.3 cm³/mol. The van der Waals surface area contributed by atoms with Crippen molar-refractivity contribution in [3.63, 3.8) is 0 Å². The minimum Gasteiger partial charge on any atom is -0.337 e. The molecule has 0 aliphatic heterocycles. The van der Waals surface area contributed by atoms with Crippen LogP contribution in [0, 0.1) is 12.8 Å². The fourth-order valence-electron chi connectivity index (χ4n) is 2.25. The molecular formula is C15H23N5O2S. The van der Waals surface area contributed by atoms with Crippen molar-refractivity contribution in [2.45, 2.75) is 39.7 Å². The molecule has 2 amide bonds. The van der Waals surface area contributed by atoms with E-state index in [0.29, 0.717) is 18.3 Å². The molecule has 0 fully saturated rings. The maximum absolute atomic E-state index is 12.5. The second-order valence-electron chi connectivity index (χ2n) is 6.00. The van der Waals surface area contributed by atoms with E-state index in [-0.39, 0.29) is 23.9 Å². The van der Waals surface area contributed by atoms with E-state index in [1.807, 2.05) is 19.2 Å². The van der Waals surface area contributed by atoms with E-state index in [9.17, 15) is 4.79 Å². The number of urea groups is 1. The second-order valence-corrected chi connectivity index (χ2v) is 6.93. The molecule has 0 unspecified atom stereocenters. The summed E-state index contributed by atoms with van der Waals surface area (Å²) in [5, 5.41) is 9.74. The molecule has 0 aliphatic carbocycles. The maximum Gasteiger partial charge on any atom is 0.317 e. The zero-order valence-electron chi connectivity index (χ0n) is 14.1. The number of hydrogen-bond donors (Lipinski definition) is 1. The van der Waals surface area contributed by atoms with Crippen LogP contribution in [0.2, 0.25) is 0 Å². The molecule has 0 saturated heterocycles. The summed E-state index contributed by atoms with van der Waals surface area (Å²) >= 11 is 1.60. The van der Waals surface area contributed by atoms with Crippen molar-refractivity contribution in [2.24, 2.45) is 5.92 Å². The van der Waals surface area contributed by atoms with E-state index in [1.54, 1.807) is 36.4 Å². The average molecular weight is 337 g/mol. The molecule has 0 spiro atoms. The number of thiazole rings is 1. The zero-order valence-corrected chi connectivity index (χ0v) is 14.9. The standard InChI is InChI=1S/C15H23N5O2S/c1-9(2)12(13-17-11(4)19-22-13)18-15(21)20(5)8-10(3)14-16-6-7-23-14/h6-7,9-10,12H,8H2,1-5H3,(H,18,21)/t10-,12+/m1/s1. The molecule has 2 aromatic rings. The molecule has 0 bridgehead atoms. The highest BCUT2D eigenvalue weighted by atomic mass is 32.1. The Morgan fingerprint density at radius 1 is 1.43 bits per heavy atom. The van der Waals surface area contributed by atoms with Crippen molar-refractivity contribution < 1.29 is 9.32 Å². The molecule has 2 rings (SSSR count). The van der Waals surface area contributed by atoms with Gasteiger partial charge >= 0.3 is 6.03 Å². The van der Waals surface area contributed by atoms with Crippen molar-refractivity contribution >= 4 is 17.4 Å². The monoisotopic (exact) mass is 337 g/mol. The lowest BCUT2D eigenvalue weighted by Gasteiger charge is -2.25. The van der Waals surface area contributed by atoms with Crippen LogP contribution in [0.15, 0.2) is 16.1 Å². The van der Waals surface area contributed by atoms with E-state index in [0.717, 1.165) is 5.01 Å². The summed E-state index contributed by atoms with van der Waals surface area (Å²) in [5.41, 5.74) is 0. The van der Waals surface area contributed by atoms with Gasteiger partial charge in [-0.05, 0) is 12.8 Å². The first kappa shape index (κ1) is 17.4. The van der Waals surface area contributed by atoms with Crippen LogP contribution in [0.25, 0.3) is 0 Å². The van der Waals surface area contributed by atoms with Crippen LogP contribution in [0.1, 0.15) is 49.5 Å². The molecular weight excluding hydrogens is 314 g/mol. The number of likely N-dealkylation sites (N-methyl/N-ethyl adjacent to an activating group) is 1. The normalized spacial score (nSPS) is 13.8. The number of nitrogens with zero attached hydrogens (tertiary/aromatic N) is 4. The van der Waals surface area contributed by atoms with Gasteiger partial charge in [0.15, 0.2) is 5.82 Å². The number of carbonyl (C=O) groups is 1. The van der Waals surface area contributed by atoms with Gasteiger partial charge in [0.1, 0.15) is 6.04 Å². The summed E-state index contributed by atoms with van der Waals surface area (Å²) in [6.45, 7) is 8.41. The van der Waals surface area contributed by atoms with Crippen molar-refractivity contribution in [3.8, 4) is 0 Å². The third-order valence-corrected chi connectivity index (χ3v) is 4.53. The summed E-state index contributed by atoms with van der Waals surface area (Å²) in [4.78, 5) is 22.6. The Bertz CT molecular complexity index is 626. The second kappa shape index (κ2) is 7.54. The van der Waals surface area contributed by atoms with Crippen molar-refractivity contribution in [3.05, 3.63) is 28.3 Å². The molecule has 2 heterocycles. The van der Waals surface area contributed by atoms with Gasteiger partial charge in [-0.1, -0.05) is 25.9 Å². The molecule has 2 aromatic heterocycles. The van der Waals surface area contributed by atoms with Crippen LogP contribution in [0.4, 0.5) is 4.79 Å². The molecule has 0 aromatic carbocycles. The average Bonchev–Trinajstić information content (AvgIpc) is 3.15. The van der Waals surface area contributed by atoms with E-state index in [1.165, 1.54) is 0 Å². The van der Waals surface area contributed by atoms with Gasteiger partial charge in [-0.15, -0.1) is 11.3 Å². The smallest absolute Gasteiger partial charge is 0.317 e. The van der Waals surface area contributed by atoms with Crippen LogP contribution in [-0.4, -0.2) is 39.6 Å². The third-order valence-electron chi connectivity index (χ3n) is 3.52. The number of rotatable bonds is 6. The van der Waals surface area contributed by atoms with Gasteiger partial charge in [-0.3, -0.25) is 0 Å². The first-order chi connectivity index (χ1) is 10.9. The van der Waals surface area contributed by atoms with Crippen LogP contribution in [0.5, 0.6) is 0 Å². The van der Waals surface area contributed by atoms with Gasteiger partial charge in [0.25, 0.3) is 0 Å². The maximum atomic E-state index is 12.5. The fourth-order valence-corrected chi connectivity index (χ4v) is 2.94. The summed E-state index contributed by atoms with van der Waals surface area (Å²) in [6.07, 6.45) is 1.78. The quantitative estimate of drug-likeness (QED) is 0.876. The van der Waals surface area contributed by atoms with Crippen LogP contribution in [0.3, 0.4) is 0 Å². The lowest BCUT2D eigenvalue weighted by atomic mass is 10.0. The Morgan fingerprint density at radius 3 is 2.70 bits per heavy atom. The van der Waals surface area contributed by atoms with Gasteiger partial charge in [0.05, 0.1) is 5.01 Å². The zero-order chi connectivity index (χ0) is 17.0. The lowest BCUT2D eigenvalue weighted by Crippen LogP contribution is -2.42. The van der Waals surface area contributed by atoms with Crippen LogP contribution >= 0.6 is 11.3 Å². The number of hydrogen-bond acceptors (Lipinski definition) is 6. The van der Waals surface area contributed by atoms with Gasteiger partial charge in [0, 0.05) is 31.1 Å². The van der Waals surface area contributed by atoms with Gasteiger partial charge in [0.2, 0.25) is 5.89 Å². The lowest BCUT2D eigenvalue weighted by molar-refractivity contribution is 0.192. The molecule has 23 heavy (non-hydrogen) atoms. The Balaban J connectivity index is 1.98. The topological polar surface area (TPSA) is 84.2 Å². The first-order valence-electron chi connectivity index (χ1n) is 7.59. The number of aryl methyl sites for hydroxylation is 1. The fraction of sp³-hybridized carbons (Fsp3) is 0.600. The van der Waals surface area contributed by atoms with Gasteiger partial charge < -0.3 is 14.7 Å². The van der Waals surface area contributed by atoms with Crippen molar-refractivity contribution in [1.29, 1.82) is 0 Å². The largest absolute Gasteiger partial charge is 0.337 e. The molecule has 0 radical (unpaired) electrons. The number of carbonyl (C=O) groups excluding carboxylic acids is 1. The van der Waals surface area contributed by atoms with E-state index >= 15 is 0 Å². The first-order valence-corrected chi connectivity index (χ1v) is 8.47. The Kier molecular flexibility index (Phi) is 5.70. The van der Waals surface area contributed by atoms with Gasteiger partial charge in [-0.25, -0.2) is 9.78 Å². The summed E-state index contributed by atoms with van der Waals surface area (Å²) in [6, 6.07) is -0.468. The summed E-state index contributed by atoms with van der Waals surface area (Å²) in [7, 11) is 1.77. The third kappa shape index (κ3) is 4.51. The molecule has 0 aliphatic rings. The van der Waals surface area contributed by atoms with Crippen LogP contribution < -0.4 is 5.32 Å². The van der Waals surface area contributed by atoms with E-state index in [2.05, 4.69) is 27.4 Å². The predicted octanol–water partition coefficient (Wildman–Crippen LogP) is 2.98. The molecule has 1 N–H and O–H groups in total. The molecule has 7 nitrogen and oxygen atoms in total. The highest BCUT2D eigenvalue weighted by Gasteiger charge is 2.26. The van der Waals surface area contributed by atoms with E-state index < -0.39 is 0 Å². The number of aromatic nitrogens is 3. The summed E-state index contributed by atoms with van der Waals surface area (Å²) in [5.74, 6) is 1.33. The Labute approximate surface area is 140 Å². The molecule has 0 saturated carbocycles. The minimum absolute atomic E-state index is 0.142. The Hall–Kier alpha value is -1.96. The van der Waals surface area contributed by atoms with Crippen molar-refractivity contribution in [2.75, 3.05) is 13.6 Å². The molecule has 2 atom stereocenters. The summed E-state index contributed by atoms with van der Waals surface area (Å²) < 4.78 is 5.21.